The molecule has 29 heavy (non-hydrogen) atoms. The van der Waals surface area contributed by atoms with Crippen LogP contribution in [0.25, 0.3) is 0 Å². The van der Waals surface area contributed by atoms with Gasteiger partial charge in [-0.2, -0.15) is 0 Å². The highest BCUT2D eigenvalue weighted by Crippen LogP contribution is 2.23. The molecule has 156 valence electrons. The van der Waals surface area contributed by atoms with Crippen molar-refractivity contribution in [2.75, 3.05) is 33.3 Å². The number of methoxy groups -OCH3 is 1. The van der Waals surface area contributed by atoms with E-state index in [0.717, 1.165) is 33.3 Å². The Kier molecular flexibility index (Phi) is 6.90. The summed E-state index contributed by atoms with van der Waals surface area (Å²) in [4.78, 5) is 34.6. The number of ether oxygens (including phenoxy) is 1. The molecular weight excluding hydrogens is 386 g/mol. The van der Waals surface area contributed by atoms with Crippen LogP contribution in [0.15, 0.2) is 24.3 Å². The van der Waals surface area contributed by atoms with E-state index in [-0.39, 0.29) is 11.8 Å². The molecule has 7 heteroatoms. The average molecular weight is 416 g/mol. The van der Waals surface area contributed by atoms with E-state index in [4.69, 9.17) is 4.74 Å². The van der Waals surface area contributed by atoms with Crippen molar-refractivity contribution in [1.29, 1.82) is 0 Å². The first-order chi connectivity index (χ1) is 13.9. The highest BCUT2D eigenvalue weighted by atomic mass is 32.1. The van der Waals surface area contributed by atoms with Crippen molar-refractivity contribution >= 4 is 23.2 Å². The topological polar surface area (TPSA) is 62.7 Å². The van der Waals surface area contributed by atoms with Gasteiger partial charge in [-0.25, -0.2) is 4.98 Å². The minimum atomic E-state index is 0.0369. The van der Waals surface area contributed by atoms with Gasteiger partial charge in [0.05, 0.1) is 24.2 Å². The fraction of sp³-hybridized carbons (Fsp3) is 0.500. The van der Waals surface area contributed by atoms with Crippen LogP contribution in [0, 0.1) is 12.8 Å². The van der Waals surface area contributed by atoms with Gasteiger partial charge in [0.15, 0.2) is 0 Å². The number of aryl methyl sites for hydroxylation is 1. The predicted molar refractivity (Wildman–Crippen MR) is 115 cm³/mol. The lowest BCUT2D eigenvalue weighted by Crippen LogP contribution is -2.51. The summed E-state index contributed by atoms with van der Waals surface area (Å²) < 4.78 is 5.22. The van der Waals surface area contributed by atoms with Gasteiger partial charge >= 0.3 is 0 Å². The van der Waals surface area contributed by atoms with E-state index in [1.54, 1.807) is 7.11 Å². The van der Waals surface area contributed by atoms with Gasteiger partial charge in [0.25, 0.3) is 5.91 Å². The molecule has 2 aromatic rings. The summed E-state index contributed by atoms with van der Waals surface area (Å²) in [6.07, 6.45) is 1.24. The fourth-order valence-corrected chi connectivity index (χ4v) is 4.70. The Morgan fingerprint density at radius 3 is 2.52 bits per heavy atom. The van der Waals surface area contributed by atoms with E-state index >= 15 is 0 Å². The molecule has 3 rings (SSSR count). The number of carbonyl (C=O) groups is 2. The lowest BCUT2D eigenvalue weighted by atomic mass is 10.1. The lowest BCUT2D eigenvalue weighted by molar-refractivity contribution is -0.131. The van der Waals surface area contributed by atoms with Gasteiger partial charge < -0.3 is 14.5 Å². The number of hydrogen-bond acceptors (Lipinski definition) is 5. The van der Waals surface area contributed by atoms with Crippen molar-refractivity contribution in [2.24, 2.45) is 5.92 Å². The summed E-state index contributed by atoms with van der Waals surface area (Å²) in [6.45, 7) is 8.44. The summed E-state index contributed by atoms with van der Waals surface area (Å²) in [6, 6.07) is 7.58. The number of nitrogens with zero attached hydrogens (tertiary/aromatic N) is 3. The van der Waals surface area contributed by atoms with E-state index < -0.39 is 0 Å². The maximum atomic E-state index is 12.9. The molecule has 0 spiro atoms. The predicted octanol–water partition coefficient (Wildman–Crippen LogP) is 3.19. The largest absolute Gasteiger partial charge is 0.497 e. The maximum absolute atomic E-state index is 12.9. The van der Waals surface area contributed by atoms with E-state index in [1.807, 2.05) is 41.0 Å². The van der Waals surface area contributed by atoms with Crippen LogP contribution in [-0.2, 0) is 17.6 Å². The van der Waals surface area contributed by atoms with Gasteiger partial charge in [-0.05, 0) is 30.5 Å². The zero-order valence-electron chi connectivity index (χ0n) is 17.6. The molecule has 1 aromatic heterocycles. The van der Waals surface area contributed by atoms with Crippen LogP contribution in [0.4, 0.5) is 0 Å². The summed E-state index contributed by atoms with van der Waals surface area (Å²) >= 11 is 1.51. The smallest absolute Gasteiger partial charge is 0.265 e. The van der Waals surface area contributed by atoms with Crippen LogP contribution in [0.3, 0.4) is 0 Å². The third-order valence-corrected chi connectivity index (χ3v) is 6.19. The molecular formula is C22H29N3O3S. The van der Waals surface area contributed by atoms with Gasteiger partial charge in [-0.3, -0.25) is 9.59 Å². The minimum Gasteiger partial charge on any atom is -0.497 e. The average Bonchev–Trinajstić information content (AvgIpc) is 3.06. The molecule has 6 nitrogen and oxygen atoms in total. The van der Waals surface area contributed by atoms with E-state index in [0.29, 0.717) is 38.5 Å². The normalized spacial score (nSPS) is 14.4. The highest BCUT2D eigenvalue weighted by molar-refractivity contribution is 7.13. The number of piperazine rings is 1. The van der Waals surface area contributed by atoms with Crippen LogP contribution in [-0.4, -0.2) is 59.9 Å². The summed E-state index contributed by atoms with van der Waals surface area (Å²) in [5.41, 5.74) is 1.75. The molecule has 0 bridgehead atoms. The lowest BCUT2D eigenvalue weighted by Gasteiger charge is -2.34. The van der Waals surface area contributed by atoms with Gasteiger partial charge in [-0.1, -0.05) is 26.0 Å². The first-order valence-corrected chi connectivity index (χ1v) is 10.8. The van der Waals surface area contributed by atoms with Gasteiger partial charge in [0.2, 0.25) is 5.91 Å². The second kappa shape index (κ2) is 9.39. The van der Waals surface area contributed by atoms with Crippen molar-refractivity contribution in [2.45, 2.75) is 33.6 Å². The molecule has 1 fully saturated rings. The van der Waals surface area contributed by atoms with Crippen molar-refractivity contribution in [3.8, 4) is 5.75 Å². The molecule has 1 aromatic carbocycles. The second-order valence-electron chi connectivity index (χ2n) is 7.82. The van der Waals surface area contributed by atoms with Crippen molar-refractivity contribution in [3.63, 3.8) is 0 Å². The van der Waals surface area contributed by atoms with Crippen LogP contribution in [0.2, 0.25) is 0 Å². The number of benzene rings is 1. The zero-order chi connectivity index (χ0) is 21.0. The molecule has 0 radical (unpaired) electrons. The van der Waals surface area contributed by atoms with Crippen LogP contribution in [0.1, 0.15) is 39.8 Å². The number of carbonyl (C=O) groups excluding carboxylic acids is 2. The number of hydrogen-bond donors (Lipinski definition) is 0. The standard InChI is InChI=1S/C22H29N3O3S/c1-15(2)12-19-23-16(3)21(29-19)22(27)25-10-8-24(9-11-25)20(26)14-17-6-5-7-18(13-17)28-4/h5-7,13,15H,8-12,14H2,1-4H3. The Hall–Kier alpha value is -2.41. The van der Waals surface area contributed by atoms with E-state index in [1.165, 1.54) is 11.3 Å². The molecule has 0 aliphatic carbocycles. The first kappa shape index (κ1) is 21.3. The molecule has 0 N–H and O–H groups in total. The summed E-state index contributed by atoms with van der Waals surface area (Å²) in [7, 11) is 1.62. The Morgan fingerprint density at radius 2 is 1.86 bits per heavy atom. The quantitative estimate of drug-likeness (QED) is 0.727. The third-order valence-electron chi connectivity index (χ3n) is 5.03. The molecule has 0 atom stereocenters. The third kappa shape index (κ3) is 5.35. The summed E-state index contributed by atoms with van der Waals surface area (Å²) in [5.74, 6) is 1.39. The van der Waals surface area contributed by atoms with Crippen molar-refractivity contribution in [3.05, 3.63) is 45.4 Å². The Labute approximate surface area is 176 Å². The Morgan fingerprint density at radius 1 is 1.17 bits per heavy atom. The summed E-state index contributed by atoms with van der Waals surface area (Å²) in [5, 5.41) is 1.02. The number of rotatable bonds is 6. The number of aromatic nitrogens is 1. The number of amides is 2. The Bertz CT molecular complexity index is 870. The first-order valence-electron chi connectivity index (χ1n) is 10.0. The molecule has 0 unspecified atom stereocenters. The van der Waals surface area contributed by atoms with Crippen molar-refractivity contribution in [1.82, 2.24) is 14.8 Å². The molecule has 1 saturated heterocycles. The van der Waals surface area contributed by atoms with Crippen LogP contribution >= 0.6 is 11.3 Å². The van der Waals surface area contributed by atoms with E-state index in [2.05, 4.69) is 18.8 Å². The molecule has 1 aliphatic rings. The second-order valence-corrected chi connectivity index (χ2v) is 8.91. The fourth-order valence-electron chi connectivity index (χ4n) is 3.46. The van der Waals surface area contributed by atoms with Crippen molar-refractivity contribution < 1.29 is 14.3 Å². The molecule has 2 amide bonds. The van der Waals surface area contributed by atoms with Gasteiger partial charge in [0, 0.05) is 32.6 Å². The van der Waals surface area contributed by atoms with Crippen LogP contribution < -0.4 is 4.74 Å². The van der Waals surface area contributed by atoms with E-state index in [9.17, 15) is 9.59 Å². The SMILES string of the molecule is COc1cccc(CC(=O)N2CCN(C(=O)c3sc(CC(C)C)nc3C)CC2)c1. The molecule has 2 heterocycles. The van der Waals surface area contributed by atoms with Gasteiger partial charge in [-0.15, -0.1) is 11.3 Å². The van der Waals surface area contributed by atoms with Gasteiger partial charge in [0.1, 0.15) is 10.6 Å². The molecule has 1 aliphatic heterocycles. The highest BCUT2D eigenvalue weighted by Gasteiger charge is 2.27. The van der Waals surface area contributed by atoms with Crippen LogP contribution in [0.5, 0.6) is 5.75 Å². The maximum Gasteiger partial charge on any atom is 0.265 e. The number of thiazole rings is 1. The molecule has 0 saturated carbocycles. The minimum absolute atomic E-state index is 0.0369. The Balaban J connectivity index is 1.56. The zero-order valence-corrected chi connectivity index (χ0v) is 18.4. The monoisotopic (exact) mass is 415 g/mol.